The van der Waals surface area contributed by atoms with Crippen LogP contribution in [0.25, 0.3) is 32.1 Å². The molecule has 0 fully saturated rings. The van der Waals surface area contributed by atoms with Gasteiger partial charge in [-0.3, -0.25) is 4.79 Å². The number of benzene rings is 5. The summed E-state index contributed by atoms with van der Waals surface area (Å²) in [5, 5.41) is 23.2. The Balaban J connectivity index is 1.35. The molecule has 1 aromatic heterocycles. The molecule has 6 aromatic rings. The molecule has 6 heteroatoms. The van der Waals surface area contributed by atoms with Crippen molar-refractivity contribution in [3.63, 3.8) is 0 Å². The van der Waals surface area contributed by atoms with Crippen LogP contribution in [0.4, 0.5) is 11.4 Å². The topological polar surface area (TPSA) is 71.5 Å². The zero-order valence-corrected chi connectivity index (χ0v) is 21.2. The molecular formula is C33H24N4O2. The minimum atomic E-state index is -0.901. The first-order chi connectivity index (χ1) is 19.0. The van der Waals surface area contributed by atoms with Gasteiger partial charge in [0.25, 0.3) is 5.91 Å². The molecule has 1 unspecified atom stereocenters. The number of aliphatic hydroxyl groups excluding tert-OH is 1. The first kappa shape index (κ1) is 24.1. The molecule has 0 bridgehead atoms. The highest BCUT2D eigenvalue weighted by Gasteiger charge is 2.20. The summed E-state index contributed by atoms with van der Waals surface area (Å²) in [6.07, 6.45) is -0.901. The van der Waals surface area contributed by atoms with Gasteiger partial charge in [-0.2, -0.15) is 5.10 Å². The molecular weight excluding hydrogens is 484 g/mol. The number of carbonyl (C=O) groups is 1. The maximum Gasteiger partial charge on any atom is 0.274 e. The number of aryl methyl sites for hydroxylation is 1. The summed E-state index contributed by atoms with van der Waals surface area (Å²) in [6.45, 7) is 9.11. The normalized spacial score (nSPS) is 11.8. The lowest BCUT2D eigenvalue weighted by Gasteiger charge is -2.18. The molecule has 6 rings (SSSR count). The molecule has 1 heterocycles. The number of nitrogens with zero attached hydrogens (tertiary/aromatic N) is 3. The number of carbonyl (C=O) groups excluding carboxylic acids is 1. The van der Waals surface area contributed by atoms with Gasteiger partial charge >= 0.3 is 0 Å². The summed E-state index contributed by atoms with van der Waals surface area (Å²) < 4.78 is 1.54. The molecule has 0 aliphatic heterocycles. The number of anilines is 1. The van der Waals surface area contributed by atoms with E-state index in [-0.39, 0.29) is 5.91 Å². The highest BCUT2D eigenvalue weighted by Crippen LogP contribution is 2.36. The number of amides is 1. The number of nitrogens with one attached hydrogen (secondary N) is 1. The Bertz CT molecular complexity index is 1860. The zero-order chi connectivity index (χ0) is 26.9. The molecule has 0 aliphatic rings. The van der Waals surface area contributed by atoms with Crippen LogP contribution in [0.15, 0.2) is 109 Å². The van der Waals surface area contributed by atoms with E-state index in [0.29, 0.717) is 34.0 Å². The molecule has 0 spiro atoms. The lowest BCUT2D eigenvalue weighted by atomic mass is 9.90. The van der Waals surface area contributed by atoms with Crippen molar-refractivity contribution in [1.29, 1.82) is 0 Å². The largest absolute Gasteiger partial charge is 0.384 e. The van der Waals surface area contributed by atoms with Crippen LogP contribution in [0.3, 0.4) is 0 Å². The standard InChI is InChI=1S/C33H24N4O2/c1-21-17-30(37(36-21)27-14-8-12-25(20-27)34-2)33(39)35-26-13-7-11-24(19-26)32(38)31-28-15-5-3-9-22(28)18-23-10-4-6-16-29(23)31/h3-20,32,38H,1H3,(H,35,39). The minimum absolute atomic E-state index is 0.342. The molecule has 2 N–H and O–H groups in total. The molecule has 0 saturated carbocycles. The molecule has 0 aliphatic carbocycles. The lowest BCUT2D eigenvalue weighted by Crippen LogP contribution is -2.17. The second-order valence-electron chi connectivity index (χ2n) is 9.43. The van der Waals surface area contributed by atoms with Crippen LogP contribution in [-0.2, 0) is 0 Å². The molecule has 1 amide bonds. The SMILES string of the molecule is [C-]#[N+]c1cccc(-n2nc(C)cc2C(=O)Nc2cccc(C(O)c3c4ccccc4cc4ccccc34)c2)c1. The maximum absolute atomic E-state index is 13.4. The third kappa shape index (κ3) is 4.52. The van der Waals surface area contributed by atoms with E-state index in [4.69, 9.17) is 6.57 Å². The van der Waals surface area contributed by atoms with Crippen molar-refractivity contribution in [2.45, 2.75) is 13.0 Å². The molecule has 39 heavy (non-hydrogen) atoms. The highest BCUT2D eigenvalue weighted by molar-refractivity contribution is 6.04. The molecule has 6 nitrogen and oxygen atoms in total. The van der Waals surface area contributed by atoms with Crippen LogP contribution in [-0.4, -0.2) is 20.8 Å². The monoisotopic (exact) mass is 508 g/mol. The van der Waals surface area contributed by atoms with Gasteiger partial charge in [-0.1, -0.05) is 72.8 Å². The second kappa shape index (κ2) is 9.90. The Morgan fingerprint density at radius 3 is 2.28 bits per heavy atom. The van der Waals surface area contributed by atoms with Crippen LogP contribution in [0, 0.1) is 13.5 Å². The predicted molar refractivity (Wildman–Crippen MR) is 154 cm³/mol. The van der Waals surface area contributed by atoms with Gasteiger partial charge < -0.3 is 10.4 Å². The van der Waals surface area contributed by atoms with Crippen LogP contribution >= 0.6 is 0 Å². The van der Waals surface area contributed by atoms with Gasteiger partial charge in [0, 0.05) is 11.3 Å². The van der Waals surface area contributed by atoms with E-state index in [1.54, 1.807) is 41.1 Å². The van der Waals surface area contributed by atoms with Gasteiger partial charge in [0.15, 0.2) is 5.69 Å². The zero-order valence-electron chi connectivity index (χ0n) is 21.2. The third-order valence-electron chi connectivity index (χ3n) is 6.81. The van der Waals surface area contributed by atoms with E-state index < -0.39 is 6.10 Å². The van der Waals surface area contributed by atoms with E-state index in [0.717, 1.165) is 27.1 Å². The van der Waals surface area contributed by atoms with Gasteiger partial charge in [0.1, 0.15) is 11.8 Å². The van der Waals surface area contributed by atoms with Crippen molar-refractivity contribution in [3.05, 3.63) is 143 Å². The van der Waals surface area contributed by atoms with Crippen molar-refractivity contribution in [1.82, 2.24) is 9.78 Å². The Labute approximate surface area is 225 Å². The summed E-state index contributed by atoms with van der Waals surface area (Å²) in [4.78, 5) is 16.9. The summed E-state index contributed by atoms with van der Waals surface area (Å²) in [7, 11) is 0. The molecule has 0 radical (unpaired) electrons. The first-order valence-electron chi connectivity index (χ1n) is 12.6. The van der Waals surface area contributed by atoms with Crippen molar-refractivity contribution in [2.24, 2.45) is 0 Å². The number of aliphatic hydroxyl groups is 1. The lowest BCUT2D eigenvalue weighted by molar-refractivity contribution is 0.101. The van der Waals surface area contributed by atoms with Gasteiger partial charge in [-0.15, -0.1) is 0 Å². The number of rotatable bonds is 5. The summed E-state index contributed by atoms with van der Waals surface area (Å²) in [5.41, 5.74) is 4.19. The van der Waals surface area contributed by atoms with Crippen molar-refractivity contribution in [2.75, 3.05) is 5.32 Å². The fraction of sp³-hybridized carbons (Fsp3) is 0.0606. The van der Waals surface area contributed by atoms with Gasteiger partial charge in [-0.05, 0) is 70.4 Å². The minimum Gasteiger partial charge on any atom is -0.384 e. The van der Waals surface area contributed by atoms with Crippen LogP contribution in [0.2, 0.25) is 0 Å². The molecule has 188 valence electrons. The third-order valence-corrected chi connectivity index (χ3v) is 6.81. The Hall–Kier alpha value is -5.25. The number of aromatic nitrogens is 2. The molecule has 0 saturated heterocycles. The van der Waals surface area contributed by atoms with Gasteiger partial charge in [0.2, 0.25) is 0 Å². The van der Waals surface area contributed by atoms with Crippen LogP contribution in [0.5, 0.6) is 0 Å². The average molecular weight is 509 g/mol. The predicted octanol–water partition coefficient (Wildman–Crippen LogP) is 7.37. The van der Waals surface area contributed by atoms with Crippen LogP contribution in [0.1, 0.15) is 33.4 Å². The molecule has 5 aromatic carbocycles. The van der Waals surface area contributed by atoms with Gasteiger partial charge in [0.05, 0.1) is 18.0 Å². The fourth-order valence-electron chi connectivity index (χ4n) is 5.04. The second-order valence-corrected chi connectivity index (χ2v) is 9.43. The summed E-state index contributed by atoms with van der Waals surface area (Å²) >= 11 is 0. The highest BCUT2D eigenvalue weighted by atomic mass is 16.3. The Kier molecular flexibility index (Phi) is 6.12. The van der Waals surface area contributed by atoms with Gasteiger partial charge in [-0.25, -0.2) is 9.53 Å². The van der Waals surface area contributed by atoms with E-state index in [1.165, 1.54) is 0 Å². The van der Waals surface area contributed by atoms with Crippen molar-refractivity contribution in [3.8, 4) is 5.69 Å². The first-order valence-corrected chi connectivity index (χ1v) is 12.6. The maximum atomic E-state index is 13.4. The van der Waals surface area contributed by atoms with Crippen LogP contribution < -0.4 is 5.32 Å². The van der Waals surface area contributed by atoms with E-state index in [1.807, 2.05) is 73.7 Å². The number of fused-ring (bicyclic) bond motifs is 2. The fourth-order valence-corrected chi connectivity index (χ4v) is 5.04. The number of hydrogen-bond donors (Lipinski definition) is 2. The van der Waals surface area contributed by atoms with E-state index in [2.05, 4.69) is 21.3 Å². The average Bonchev–Trinajstić information content (AvgIpc) is 3.37. The molecule has 1 atom stereocenters. The Morgan fingerprint density at radius 1 is 0.872 bits per heavy atom. The quantitative estimate of drug-likeness (QED) is 0.189. The summed E-state index contributed by atoms with van der Waals surface area (Å²) in [6, 6.07) is 34.2. The number of hydrogen-bond acceptors (Lipinski definition) is 3. The van der Waals surface area contributed by atoms with E-state index in [9.17, 15) is 9.90 Å². The van der Waals surface area contributed by atoms with E-state index >= 15 is 0 Å². The summed E-state index contributed by atoms with van der Waals surface area (Å²) in [5.74, 6) is -0.342. The van der Waals surface area contributed by atoms with Crippen molar-refractivity contribution < 1.29 is 9.90 Å². The van der Waals surface area contributed by atoms with Crippen molar-refractivity contribution >= 4 is 38.8 Å². The Morgan fingerprint density at radius 2 is 1.56 bits per heavy atom. The smallest absolute Gasteiger partial charge is 0.274 e.